The molecular weight excluding hydrogens is 236 g/mol. The molecule has 1 atom stereocenters. The molecule has 0 bridgehead atoms. The summed E-state index contributed by atoms with van der Waals surface area (Å²) >= 11 is 0. The molecule has 1 saturated heterocycles. The molecule has 1 aliphatic heterocycles. The maximum absolute atomic E-state index is 9.00. The Labute approximate surface area is 116 Å². The lowest BCUT2D eigenvalue weighted by molar-refractivity contribution is 0.170. The average Bonchev–Trinajstić information content (AvgIpc) is 2.49. The Kier molecular flexibility index (Phi) is 5.83. The number of aliphatic hydroxyl groups excluding tert-OH is 1. The SMILES string of the molecule is CC(CNCc1ccc(CO)cc1)N1CCCCC1. The first-order valence-electron chi connectivity index (χ1n) is 7.43. The summed E-state index contributed by atoms with van der Waals surface area (Å²) < 4.78 is 0. The molecule has 0 aromatic heterocycles. The lowest BCUT2D eigenvalue weighted by Crippen LogP contribution is -2.42. The summed E-state index contributed by atoms with van der Waals surface area (Å²) in [5, 5.41) is 12.5. The maximum atomic E-state index is 9.00. The van der Waals surface area contributed by atoms with Gasteiger partial charge in [0.15, 0.2) is 0 Å². The lowest BCUT2D eigenvalue weighted by Gasteiger charge is -2.32. The van der Waals surface area contributed by atoms with Gasteiger partial charge in [-0.25, -0.2) is 0 Å². The van der Waals surface area contributed by atoms with Crippen molar-refractivity contribution in [1.29, 1.82) is 0 Å². The van der Waals surface area contributed by atoms with Crippen LogP contribution in [0.5, 0.6) is 0 Å². The topological polar surface area (TPSA) is 35.5 Å². The van der Waals surface area contributed by atoms with E-state index in [1.807, 2.05) is 12.1 Å². The van der Waals surface area contributed by atoms with Crippen LogP contribution in [0.15, 0.2) is 24.3 Å². The number of nitrogens with one attached hydrogen (secondary N) is 1. The molecule has 2 N–H and O–H groups in total. The van der Waals surface area contributed by atoms with Crippen LogP contribution in [0.1, 0.15) is 37.3 Å². The largest absolute Gasteiger partial charge is 0.392 e. The minimum absolute atomic E-state index is 0.125. The van der Waals surface area contributed by atoms with Crippen LogP contribution in [0.3, 0.4) is 0 Å². The molecule has 1 fully saturated rings. The lowest BCUT2D eigenvalue weighted by atomic mass is 10.1. The zero-order chi connectivity index (χ0) is 13.5. The molecule has 0 radical (unpaired) electrons. The van der Waals surface area contributed by atoms with E-state index in [1.165, 1.54) is 37.9 Å². The van der Waals surface area contributed by atoms with Gasteiger partial charge >= 0.3 is 0 Å². The molecule has 0 aliphatic carbocycles. The summed E-state index contributed by atoms with van der Waals surface area (Å²) in [6.07, 6.45) is 4.10. The molecule has 2 rings (SSSR count). The van der Waals surface area contributed by atoms with Crippen LogP contribution in [-0.4, -0.2) is 35.7 Å². The summed E-state index contributed by atoms with van der Waals surface area (Å²) in [7, 11) is 0. The first kappa shape index (κ1) is 14.5. The zero-order valence-corrected chi connectivity index (χ0v) is 11.9. The Morgan fingerprint density at radius 3 is 2.37 bits per heavy atom. The third-order valence-electron chi connectivity index (χ3n) is 3.99. The zero-order valence-electron chi connectivity index (χ0n) is 11.9. The number of aliphatic hydroxyl groups is 1. The van der Waals surface area contributed by atoms with Crippen LogP contribution in [-0.2, 0) is 13.2 Å². The molecule has 106 valence electrons. The molecule has 1 aromatic carbocycles. The first-order valence-corrected chi connectivity index (χ1v) is 7.43. The molecule has 0 saturated carbocycles. The number of benzene rings is 1. The van der Waals surface area contributed by atoms with Crippen LogP contribution < -0.4 is 5.32 Å². The van der Waals surface area contributed by atoms with Crippen molar-refractivity contribution in [3.63, 3.8) is 0 Å². The van der Waals surface area contributed by atoms with Crippen molar-refractivity contribution in [3.05, 3.63) is 35.4 Å². The number of rotatable bonds is 6. The second kappa shape index (κ2) is 7.63. The molecule has 19 heavy (non-hydrogen) atoms. The predicted octanol–water partition coefficient (Wildman–Crippen LogP) is 2.14. The molecule has 3 nitrogen and oxygen atoms in total. The summed E-state index contributed by atoms with van der Waals surface area (Å²) in [5.74, 6) is 0. The van der Waals surface area contributed by atoms with Crippen LogP contribution in [0.4, 0.5) is 0 Å². The second-order valence-electron chi connectivity index (χ2n) is 5.55. The summed E-state index contributed by atoms with van der Waals surface area (Å²) in [6.45, 7) is 6.90. The summed E-state index contributed by atoms with van der Waals surface area (Å²) in [5.41, 5.74) is 2.26. The Bertz CT molecular complexity index is 358. The van der Waals surface area contributed by atoms with Gasteiger partial charge in [-0.3, -0.25) is 4.90 Å². The van der Waals surface area contributed by atoms with E-state index in [-0.39, 0.29) is 6.61 Å². The van der Waals surface area contributed by atoms with E-state index in [1.54, 1.807) is 0 Å². The van der Waals surface area contributed by atoms with Crippen molar-refractivity contribution in [2.24, 2.45) is 0 Å². The molecule has 0 spiro atoms. The van der Waals surface area contributed by atoms with Gasteiger partial charge < -0.3 is 10.4 Å². The molecule has 1 aliphatic rings. The minimum atomic E-state index is 0.125. The van der Waals surface area contributed by atoms with Crippen LogP contribution in [0.2, 0.25) is 0 Å². The molecule has 1 unspecified atom stereocenters. The molecule has 0 amide bonds. The number of hydrogen-bond donors (Lipinski definition) is 2. The fourth-order valence-electron chi connectivity index (χ4n) is 2.68. The third-order valence-corrected chi connectivity index (χ3v) is 3.99. The number of likely N-dealkylation sites (tertiary alicyclic amines) is 1. The van der Waals surface area contributed by atoms with Gasteiger partial charge in [0.2, 0.25) is 0 Å². The van der Waals surface area contributed by atoms with E-state index in [4.69, 9.17) is 5.11 Å². The average molecular weight is 262 g/mol. The van der Waals surface area contributed by atoms with Gasteiger partial charge in [-0.2, -0.15) is 0 Å². The second-order valence-corrected chi connectivity index (χ2v) is 5.55. The maximum Gasteiger partial charge on any atom is 0.0681 e. The number of hydrogen-bond acceptors (Lipinski definition) is 3. The molecular formula is C16H26N2O. The van der Waals surface area contributed by atoms with Crippen LogP contribution in [0, 0.1) is 0 Å². The summed E-state index contributed by atoms with van der Waals surface area (Å²) in [4.78, 5) is 2.59. The van der Waals surface area contributed by atoms with E-state index in [2.05, 4.69) is 29.3 Å². The quantitative estimate of drug-likeness (QED) is 0.824. The first-order chi connectivity index (χ1) is 9.29. The normalized spacial score (nSPS) is 18.4. The number of piperidine rings is 1. The van der Waals surface area contributed by atoms with Crippen molar-refractivity contribution in [2.75, 3.05) is 19.6 Å². The minimum Gasteiger partial charge on any atom is -0.392 e. The monoisotopic (exact) mass is 262 g/mol. The van der Waals surface area contributed by atoms with E-state index in [0.29, 0.717) is 6.04 Å². The van der Waals surface area contributed by atoms with Crippen LogP contribution >= 0.6 is 0 Å². The highest BCUT2D eigenvalue weighted by Gasteiger charge is 2.15. The molecule has 3 heteroatoms. The van der Waals surface area contributed by atoms with Crippen molar-refractivity contribution >= 4 is 0 Å². The van der Waals surface area contributed by atoms with Crippen molar-refractivity contribution in [2.45, 2.75) is 45.4 Å². The van der Waals surface area contributed by atoms with Gasteiger partial charge in [-0.05, 0) is 44.0 Å². The van der Waals surface area contributed by atoms with Gasteiger partial charge in [0, 0.05) is 19.1 Å². The molecule has 1 heterocycles. The standard InChI is InChI=1S/C16H26N2O/c1-14(18-9-3-2-4-10-18)11-17-12-15-5-7-16(13-19)8-6-15/h5-8,14,17,19H,2-4,9-13H2,1H3. The van der Waals surface area contributed by atoms with Gasteiger partial charge in [0.1, 0.15) is 0 Å². The Morgan fingerprint density at radius 2 is 1.74 bits per heavy atom. The Balaban J connectivity index is 1.69. The highest BCUT2D eigenvalue weighted by atomic mass is 16.3. The van der Waals surface area contributed by atoms with E-state index >= 15 is 0 Å². The number of nitrogens with zero attached hydrogens (tertiary/aromatic N) is 1. The smallest absolute Gasteiger partial charge is 0.0681 e. The fourth-order valence-corrected chi connectivity index (χ4v) is 2.68. The predicted molar refractivity (Wildman–Crippen MR) is 79.0 cm³/mol. The Hall–Kier alpha value is -0.900. The van der Waals surface area contributed by atoms with Crippen LogP contribution in [0.25, 0.3) is 0 Å². The molecule has 1 aromatic rings. The van der Waals surface area contributed by atoms with Gasteiger partial charge in [0.25, 0.3) is 0 Å². The fraction of sp³-hybridized carbons (Fsp3) is 0.625. The van der Waals surface area contributed by atoms with Crippen molar-refractivity contribution in [3.8, 4) is 0 Å². The third kappa shape index (κ3) is 4.60. The highest BCUT2D eigenvalue weighted by molar-refractivity contribution is 5.21. The summed E-state index contributed by atoms with van der Waals surface area (Å²) in [6, 6.07) is 8.78. The van der Waals surface area contributed by atoms with Gasteiger partial charge in [0.05, 0.1) is 6.61 Å². The van der Waals surface area contributed by atoms with Crippen molar-refractivity contribution in [1.82, 2.24) is 10.2 Å². The Morgan fingerprint density at radius 1 is 1.11 bits per heavy atom. The highest BCUT2D eigenvalue weighted by Crippen LogP contribution is 2.11. The van der Waals surface area contributed by atoms with Crippen molar-refractivity contribution < 1.29 is 5.11 Å². The van der Waals surface area contributed by atoms with Gasteiger partial charge in [-0.15, -0.1) is 0 Å². The van der Waals surface area contributed by atoms with E-state index in [9.17, 15) is 0 Å². The van der Waals surface area contributed by atoms with E-state index in [0.717, 1.165) is 18.7 Å². The van der Waals surface area contributed by atoms with E-state index < -0.39 is 0 Å². The van der Waals surface area contributed by atoms with Gasteiger partial charge in [-0.1, -0.05) is 30.7 Å².